The molecule has 0 atom stereocenters. The predicted molar refractivity (Wildman–Crippen MR) is 8.81 cm³/mol. The maximum Gasteiger partial charge on any atom is 0.0878 e. The molecule has 5 heavy (non-hydrogen) atoms. The topological polar surface area (TPSA) is 73.8 Å². The molecular weight excluding hydrogens is 93.5 g/mol. The van der Waals surface area contributed by atoms with Gasteiger partial charge in [0.25, 0.3) is 0 Å². The lowest BCUT2D eigenvalue weighted by molar-refractivity contribution is -1.41. The molecule has 3 N–H and O–H groups in total. The van der Waals surface area contributed by atoms with E-state index >= 15 is 0 Å². The van der Waals surface area contributed by atoms with E-state index in [4.69, 9.17) is 9.32 Å². The van der Waals surface area contributed by atoms with E-state index in [0.29, 0.717) is 0 Å². The summed E-state index contributed by atoms with van der Waals surface area (Å²) in [5, 5.41) is 0. The maximum atomic E-state index is 8.24. The van der Waals surface area contributed by atoms with Crippen LogP contribution in [0.3, 0.4) is 0 Å². The first-order valence-corrected chi connectivity index (χ1v) is 1.63. The molecule has 0 aromatic heterocycles. The standard InChI is InChI=1S/CH5N.ClO2/c1-2;2-1-3/h2H2,1H3;/q;-1/p+1. The normalized spacial score (nSPS) is 4.80. The van der Waals surface area contributed by atoms with Gasteiger partial charge in [-0.3, -0.25) is 0 Å². The van der Waals surface area contributed by atoms with Crippen molar-refractivity contribution in [1.82, 2.24) is 0 Å². The molecule has 0 aliphatic heterocycles. The third kappa shape index (κ3) is 679. The van der Waals surface area contributed by atoms with Crippen molar-refractivity contribution in [3.8, 4) is 0 Å². The molecule has 0 bridgehead atoms. The van der Waals surface area contributed by atoms with Crippen LogP contribution in [0.1, 0.15) is 0 Å². The molecule has 0 spiro atoms. The van der Waals surface area contributed by atoms with E-state index in [1.54, 1.807) is 7.05 Å². The van der Waals surface area contributed by atoms with Gasteiger partial charge in [-0.15, -0.1) is 0 Å². The molecule has 0 aliphatic carbocycles. The zero-order chi connectivity index (χ0) is 4.71. The van der Waals surface area contributed by atoms with E-state index in [9.17, 15) is 0 Å². The summed E-state index contributed by atoms with van der Waals surface area (Å²) in [6, 6.07) is 0. The van der Waals surface area contributed by atoms with Gasteiger partial charge in [0.15, 0.2) is 0 Å². The van der Waals surface area contributed by atoms with Crippen molar-refractivity contribution in [3.63, 3.8) is 0 Å². The van der Waals surface area contributed by atoms with Gasteiger partial charge in [-0.05, 0) is 0 Å². The third-order valence-electron chi connectivity index (χ3n) is 0. The van der Waals surface area contributed by atoms with Crippen LogP contribution in [0, 0.1) is 11.3 Å². The van der Waals surface area contributed by atoms with Gasteiger partial charge in [0.1, 0.15) is 0 Å². The number of hydrogen-bond acceptors (Lipinski definition) is 2. The van der Waals surface area contributed by atoms with Gasteiger partial charge in [0, 0.05) is 0 Å². The van der Waals surface area contributed by atoms with Gasteiger partial charge >= 0.3 is 0 Å². The second-order valence-corrected chi connectivity index (χ2v) is 0.189. The van der Waals surface area contributed by atoms with Crippen molar-refractivity contribution in [2.75, 3.05) is 7.05 Å². The minimum Gasteiger partial charge on any atom is -0.544 e. The van der Waals surface area contributed by atoms with Crippen LogP contribution >= 0.6 is 0 Å². The fraction of sp³-hybridized carbons (Fsp3) is 1.00. The first-order valence-electron chi connectivity index (χ1n) is 1.02. The Morgan fingerprint density at radius 1 is 1.40 bits per heavy atom. The van der Waals surface area contributed by atoms with Crippen molar-refractivity contribution < 1.29 is 26.4 Å². The highest BCUT2D eigenvalue weighted by Crippen LogP contribution is 0.940. The second-order valence-electron chi connectivity index (χ2n) is 0.0630. The summed E-state index contributed by atoms with van der Waals surface area (Å²) >= 11 is -0.417. The first-order chi connectivity index (χ1) is 2.41. The second kappa shape index (κ2) is 30.6. The maximum absolute atomic E-state index is 8.24. The van der Waals surface area contributed by atoms with Gasteiger partial charge in [-0.1, -0.05) is 0 Å². The van der Waals surface area contributed by atoms with Crippen LogP contribution in [0.15, 0.2) is 0 Å². The Morgan fingerprint density at radius 2 is 1.40 bits per heavy atom. The van der Waals surface area contributed by atoms with Crippen LogP contribution in [-0.2, 0) is 0 Å². The smallest absolute Gasteiger partial charge is 0.0878 e. The lowest BCUT2D eigenvalue weighted by Gasteiger charge is -1.68. The molecule has 34 valence electrons. The first kappa shape index (κ1) is 8.95. The SMILES string of the molecule is C[NH3+].[O-][Cl+][O-]. The predicted octanol–water partition coefficient (Wildman–Crippen LogP) is -3.52. The van der Waals surface area contributed by atoms with Crippen LogP contribution in [0.2, 0.25) is 0 Å². The van der Waals surface area contributed by atoms with Crippen molar-refractivity contribution in [2.24, 2.45) is 0 Å². The van der Waals surface area contributed by atoms with E-state index in [1.165, 1.54) is 0 Å². The summed E-state index contributed by atoms with van der Waals surface area (Å²) in [5.41, 5.74) is 3.25. The molecule has 0 rings (SSSR count). The van der Waals surface area contributed by atoms with E-state index in [0.717, 1.165) is 0 Å². The molecular formula is CH6ClNO2. The quantitative estimate of drug-likeness (QED) is 0.342. The Balaban J connectivity index is 0. The Kier molecular flexibility index (Phi) is 54.8. The molecule has 0 aromatic carbocycles. The fourth-order valence-corrected chi connectivity index (χ4v) is 0. The lowest BCUT2D eigenvalue weighted by Crippen LogP contribution is -2.40. The minimum absolute atomic E-state index is 0.417. The Morgan fingerprint density at radius 3 is 1.40 bits per heavy atom. The summed E-state index contributed by atoms with van der Waals surface area (Å²) < 4.78 is 16.5. The van der Waals surface area contributed by atoms with Crippen molar-refractivity contribution in [1.29, 1.82) is 0 Å². The Bertz CT molecular complexity index is 9.61. The van der Waals surface area contributed by atoms with Crippen molar-refractivity contribution >= 4 is 0 Å². The average Bonchev–Trinajstić information content (AvgIpc) is 1.46. The molecule has 0 unspecified atom stereocenters. The van der Waals surface area contributed by atoms with Gasteiger partial charge in [0.05, 0.1) is 18.4 Å². The molecule has 4 heteroatoms. The van der Waals surface area contributed by atoms with Crippen LogP contribution in [-0.4, -0.2) is 7.05 Å². The van der Waals surface area contributed by atoms with Crippen LogP contribution in [0.4, 0.5) is 0 Å². The number of halogens is 1. The van der Waals surface area contributed by atoms with E-state index in [-0.39, 0.29) is 0 Å². The molecule has 0 aromatic rings. The van der Waals surface area contributed by atoms with E-state index < -0.39 is 11.3 Å². The highest BCUT2D eigenvalue weighted by atomic mass is 35.6. The Labute approximate surface area is 34.5 Å². The number of rotatable bonds is 0. The Hall–Kier alpha value is 0.170. The van der Waals surface area contributed by atoms with E-state index in [2.05, 4.69) is 5.73 Å². The van der Waals surface area contributed by atoms with Gasteiger partial charge < -0.3 is 15.1 Å². The van der Waals surface area contributed by atoms with Crippen LogP contribution < -0.4 is 15.1 Å². The van der Waals surface area contributed by atoms with Gasteiger partial charge in [0.2, 0.25) is 0 Å². The molecule has 0 saturated heterocycles. The summed E-state index contributed by atoms with van der Waals surface area (Å²) in [4.78, 5) is 0. The van der Waals surface area contributed by atoms with Crippen molar-refractivity contribution in [3.05, 3.63) is 0 Å². The average molecular weight is 99.5 g/mol. The largest absolute Gasteiger partial charge is 0.544 e. The summed E-state index contributed by atoms with van der Waals surface area (Å²) in [6.45, 7) is 0. The van der Waals surface area contributed by atoms with E-state index in [1.807, 2.05) is 0 Å². The molecule has 0 heterocycles. The third-order valence-corrected chi connectivity index (χ3v) is 0. The van der Waals surface area contributed by atoms with Crippen LogP contribution in [0.5, 0.6) is 0 Å². The summed E-state index contributed by atoms with van der Waals surface area (Å²) in [5.74, 6) is 0. The zero-order valence-electron chi connectivity index (χ0n) is 2.90. The molecule has 3 nitrogen and oxygen atoms in total. The summed E-state index contributed by atoms with van der Waals surface area (Å²) in [7, 11) is 1.75. The van der Waals surface area contributed by atoms with Gasteiger partial charge in [-0.2, -0.15) is 0 Å². The molecule has 0 aliphatic rings. The fourth-order valence-electron chi connectivity index (χ4n) is 0. The highest BCUT2D eigenvalue weighted by molar-refractivity contribution is 3.08. The molecule has 0 amide bonds. The van der Waals surface area contributed by atoms with Crippen LogP contribution in [0.25, 0.3) is 0 Å². The lowest BCUT2D eigenvalue weighted by atomic mass is 11.6. The molecule has 0 fully saturated rings. The minimum atomic E-state index is -0.417. The molecule has 0 saturated carbocycles. The number of quaternary nitrogens is 1. The van der Waals surface area contributed by atoms with Crippen molar-refractivity contribution in [2.45, 2.75) is 0 Å². The number of hydrogen-bond donors (Lipinski definition) is 1. The molecule has 0 radical (unpaired) electrons. The monoisotopic (exact) mass is 99.0 g/mol. The zero-order valence-corrected chi connectivity index (χ0v) is 3.66. The summed E-state index contributed by atoms with van der Waals surface area (Å²) in [6.07, 6.45) is 0. The van der Waals surface area contributed by atoms with Gasteiger partial charge in [-0.25, -0.2) is 0 Å². The highest BCUT2D eigenvalue weighted by Gasteiger charge is 1.22.